The highest BCUT2D eigenvalue weighted by atomic mass is 16.1. The summed E-state index contributed by atoms with van der Waals surface area (Å²) >= 11 is 0. The quantitative estimate of drug-likeness (QED) is 0.731. The van der Waals surface area contributed by atoms with Gasteiger partial charge in [0.25, 0.3) is 5.56 Å². The summed E-state index contributed by atoms with van der Waals surface area (Å²) in [6.45, 7) is 4.77. The smallest absolute Gasteiger partial charge is 0.267 e. The molecule has 0 unspecified atom stereocenters. The maximum absolute atomic E-state index is 12.4. The summed E-state index contributed by atoms with van der Waals surface area (Å²) in [5.74, 6) is 0.696. The normalized spacial score (nSPS) is 19.8. The Hall–Kier alpha value is -2.74. The van der Waals surface area contributed by atoms with Crippen molar-refractivity contribution in [3.8, 4) is 5.82 Å². The van der Waals surface area contributed by atoms with E-state index in [2.05, 4.69) is 20.5 Å². The predicted octanol–water partition coefficient (Wildman–Crippen LogP) is 2.05. The number of aryl methyl sites for hydroxylation is 3. The van der Waals surface area contributed by atoms with Gasteiger partial charge in [-0.25, -0.2) is 14.3 Å². The van der Waals surface area contributed by atoms with Gasteiger partial charge in [0.05, 0.1) is 23.8 Å². The highest BCUT2D eigenvalue weighted by molar-refractivity contribution is 5.24. The molecule has 0 amide bonds. The first-order valence-corrected chi connectivity index (χ1v) is 9.83. The Morgan fingerprint density at radius 1 is 1.14 bits per heavy atom. The Morgan fingerprint density at radius 3 is 2.57 bits per heavy atom. The Labute approximate surface area is 164 Å². The van der Waals surface area contributed by atoms with Gasteiger partial charge >= 0.3 is 0 Å². The lowest BCUT2D eigenvalue weighted by Crippen LogP contribution is -2.36. The van der Waals surface area contributed by atoms with E-state index in [4.69, 9.17) is 0 Å². The van der Waals surface area contributed by atoms with Gasteiger partial charge in [-0.1, -0.05) is 0 Å². The number of nitrogens with zero attached hydrogens (tertiary/aromatic N) is 6. The highest BCUT2D eigenvalue weighted by Gasteiger charge is 2.24. The van der Waals surface area contributed by atoms with Crippen LogP contribution >= 0.6 is 0 Å². The molecule has 1 aliphatic rings. The molecule has 0 aromatic carbocycles. The van der Waals surface area contributed by atoms with E-state index in [1.807, 2.05) is 44.1 Å². The molecule has 0 saturated heterocycles. The van der Waals surface area contributed by atoms with Gasteiger partial charge < -0.3 is 9.88 Å². The lowest BCUT2D eigenvalue weighted by Gasteiger charge is -2.29. The maximum atomic E-state index is 12.4. The predicted molar refractivity (Wildman–Crippen MR) is 106 cm³/mol. The standard InChI is InChI=1S/C20H27N7O/c1-14-10-15(2)26(23-14)19-8-9-20(28)27(24-19)17-6-4-16(5-7-17)22-12-18-11-21-13-25(18)3/h8-11,13,16-17,22H,4-7,12H2,1-3H3. The minimum atomic E-state index is -0.0448. The van der Waals surface area contributed by atoms with E-state index < -0.39 is 0 Å². The van der Waals surface area contributed by atoms with Crippen molar-refractivity contribution in [1.82, 2.24) is 34.4 Å². The van der Waals surface area contributed by atoms with Crippen molar-refractivity contribution < 1.29 is 0 Å². The molecule has 0 atom stereocenters. The van der Waals surface area contributed by atoms with E-state index in [1.165, 1.54) is 5.69 Å². The van der Waals surface area contributed by atoms with E-state index in [1.54, 1.807) is 21.5 Å². The van der Waals surface area contributed by atoms with Crippen LogP contribution in [-0.4, -0.2) is 35.2 Å². The van der Waals surface area contributed by atoms with Crippen molar-refractivity contribution in [1.29, 1.82) is 0 Å². The number of rotatable bonds is 5. The van der Waals surface area contributed by atoms with E-state index >= 15 is 0 Å². The average molecular weight is 381 g/mol. The third-order valence-electron chi connectivity index (χ3n) is 5.57. The Balaban J connectivity index is 1.43. The number of hydrogen-bond acceptors (Lipinski definition) is 5. The molecule has 1 aliphatic carbocycles. The largest absolute Gasteiger partial charge is 0.337 e. The molecular formula is C20H27N7O. The molecule has 148 valence electrons. The number of aromatic nitrogens is 6. The van der Waals surface area contributed by atoms with Crippen LogP contribution in [0.25, 0.3) is 5.82 Å². The number of nitrogens with one attached hydrogen (secondary N) is 1. The summed E-state index contributed by atoms with van der Waals surface area (Å²) < 4.78 is 5.49. The summed E-state index contributed by atoms with van der Waals surface area (Å²) in [5, 5.41) is 12.7. The zero-order valence-electron chi connectivity index (χ0n) is 16.7. The lowest BCUT2D eigenvalue weighted by molar-refractivity contribution is 0.267. The summed E-state index contributed by atoms with van der Waals surface area (Å²) in [5.41, 5.74) is 3.09. The van der Waals surface area contributed by atoms with Gasteiger partial charge in [-0.15, -0.1) is 5.10 Å². The first kappa shape index (κ1) is 18.6. The molecule has 0 spiro atoms. The van der Waals surface area contributed by atoms with Crippen molar-refractivity contribution in [2.45, 2.75) is 58.2 Å². The van der Waals surface area contributed by atoms with Crippen LogP contribution in [-0.2, 0) is 13.6 Å². The fraction of sp³-hybridized carbons (Fsp3) is 0.500. The minimum Gasteiger partial charge on any atom is -0.337 e. The summed E-state index contributed by atoms with van der Waals surface area (Å²) in [6.07, 6.45) is 7.66. The van der Waals surface area contributed by atoms with Gasteiger partial charge in [-0.05, 0) is 51.7 Å². The Bertz CT molecular complexity index is 1010. The molecule has 3 heterocycles. The van der Waals surface area contributed by atoms with Crippen LogP contribution in [0.15, 0.2) is 35.5 Å². The van der Waals surface area contributed by atoms with Crippen molar-refractivity contribution in [3.63, 3.8) is 0 Å². The molecule has 0 bridgehead atoms. The molecule has 1 saturated carbocycles. The summed E-state index contributed by atoms with van der Waals surface area (Å²) in [4.78, 5) is 16.6. The molecule has 8 nitrogen and oxygen atoms in total. The molecule has 0 radical (unpaired) electrons. The second-order valence-corrected chi connectivity index (χ2v) is 7.70. The second-order valence-electron chi connectivity index (χ2n) is 7.70. The van der Waals surface area contributed by atoms with Gasteiger partial charge in [0.1, 0.15) is 0 Å². The van der Waals surface area contributed by atoms with Gasteiger partial charge in [-0.2, -0.15) is 5.10 Å². The van der Waals surface area contributed by atoms with Gasteiger partial charge in [-0.3, -0.25) is 4.79 Å². The molecule has 3 aromatic heterocycles. The number of hydrogen-bond donors (Lipinski definition) is 1. The van der Waals surface area contributed by atoms with Crippen LogP contribution < -0.4 is 10.9 Å². The topological polar surface area (TPSA) is 82.6 Å². The lowest BCUT2D eigenvalue weighted by atomic mass is 9.91. The van der Waals surface area contributed by atoms with Gasteiger partial charge in [0.2, 0.25) is 0 Å². The summed E-state index contributed by atoms with van der Waals surface area (Å²) in [6, 6.07) is 5.96. The van der Waals surface area contributed by atoms with E-state index in [9.17, 15) is 4.79 Å². The van der Waals surface area contributed by atoms with Gasteiger partial charge in [0, 0.05) is 37.6 Å². The maximum Gasteiger partial charge on any atom is 0.267 e. The minimum absolute atomic E-state index is 0.0448. The fourth-order valence-electron chi connectivity index (χ4n) is 3.98. The molecule has 3 aromatic rings. The zero-order chi connectivity index (χ0) is 19.7. The second kappa shape index (κ2) is 7.71. The average Bonchev–Trinajstić information content (AvgIpc) is 3.25. The van der Waals surface area contributed by atoms with Crippen LogP contribution in [0.4, 0.5) is 0 Å². The molecular weight excluding hydrogens is 354 g/mol. The highest BCUT2D eigenvalue weighted by Crippen LogP contribution is 2.27. The molecule has 4 rings (SSSR count). The fourth-order valence-corrected chi connectivity index (χ4v) is 3.98. The molecule has 1 fully saturated rings. The summed E-state index contributed by atoms with van der Waals surface area (Å²) in [7, 11) is 2.01. The number of imidazole rings is 1. The first-order valence-electron chi connectivity index (χ1n) is 9.83. The Morgan fingerprint density at radius 2 is 1.93 bits per heavy atom. The van der Waals surface area contributed by atoms with Crippen molar-refractivity contribution in [2.24, 2.45) is 7.05 Å². The van der Waals surface area contributed by atoms with Crippen LogP contribution in [0.2, 0.25) is 0 Å². The SMILES string of the molecule is Cc1cc(C)n(-c2ccc(=O)n(C3CCC(NCc4cncn4C)CC3)n2)n1. The Kier molecular flexibility index (Phi) is 5.13. The molecule has 8 heteroatoms. The third kappa shape index (κ3) is 3.77. The van der Waals surface area contributed by atoms with Crippen LogP contribution in [0, 0.1) is 13.8 Å². The van der Waals surface area contributed by atoms with Crippen LogP contribution in [0.1, 0.15) is 48.8 Å². The third-order valence-corrected chi connectivity index (χ3v) is 5.57. The zero-order valence-corrected chi connectivity index (χ0v) is 16.7. The van der Waals surface area contributed by atoms with Crippen molar-refractivity contribution >= 4 is 0 Å². The van der Waals surface area contributed by atoms with Crippen LogP contribution in [0.3, 0.4) is 0 Å². The van der Waals surface area contributed by atoms with Crippen molar-refractivity contribution in [3.05, 3.63) is 58.2 Å². The molecule has 1 N–H and O–H groups in total. The van der Waals surface area contributed by atoms with E-state index in [0.717, 1.165) is 43.6 Å². The molecule has 28 heavy (non-hydrogen) atoms. The monoisotopic (exact) mass is 381 g/mol. The van der Waals surface area contributed by atoms with Gasteiger partial charge in [0.15, 0.2) is 5.82 Å². The van der Waals surface area contributed by atoms with Crippen molar-refractivity contribution in [2.75, 3.05) is 0 Å². The van der Waals surface area contributed by atoms with E-state index in [-0.39, 0.29) is 11.6 Å². The van der Waals surface area contributed by atoms with E-state index in [0.29, 0.717) is 11.9 Å². The van der Waals surface area contributed by atoms with Crippen LogP contribution in [0.5, 0.6) is 0 Å². The molecule has 0 aliphatic heterocycles. The first-order chi connectivity index (χ1) is 13.5.